The van der Waals surface area contributed by atoms with Crippen LogP contribution in [0, 0.1) is 5.92 Å². The highest BCUT2D eigenvalue weighted by Crippen LogP contribution is 2.25. The van der Waals surface area contributed by atoms with Crippen molar-refractivity contribution in [3.8, 4) is 0 Å². The second-order valence-corrected chi connectivity index (χ2v) is 5.87. The third-order valence-electron chi connectivity index (χ3n) is 2.43. The Morgan fingerprint density at radius 3 is 2.62 bits per heavy atom. The fourth-order valence-electron chi connectivity index (χ4n) is 1.48. The van der Waals surface area contributed by atoms with Crippen LogP contribution in [0.1, 0.15) is 19.8 Å². The van der Waals surface area contributed by atoms with Crippen molar-refractivity contribution in [3.05, 3.63) is 0 Å². The molecule has 1 fully saturated rings. The average molecular weight is 207 g/mol. The summed E-state index contributed by atoms with van der Waals surface area (Å²) in [6.07, 6.45) is 0.640. The van der Waals surface area contributed by atoms with Gasteiger partial charge in [-0.25, -0.2) is 8.42 Å². The zero-order valence-electron chi connectivity index (χ0n) is 7.39. The maximum Gasteiger partial charge on any atom is 0.327 e. The Bertz CT molecular complexity index is 298. The molecule has 0 bridgehead atoms. The summed E-state index contributed by atoms with van der Waals surface area (Å²) in [5.74, 6) is 3.90. The van der Waals surface area contributed by atoms with Crippen LogP contribution in [0.25, 0.3) is 0 Å². The number of hydrogen-bond donors (Lipinski definition) is 1. The Kier molecular flexibility index (Phi) is 2.92. The van der Waals surface area contributed by atoms with E-state index in [-0.39, 0.29) is 11.7 Å². The van der Waals surface area contributed by atoms with Gasteiger partial charge in [0.05, 0.1) is 16.9 Å². The number of carbonyl (C=O) groups is 1. The van der Waals surface area contributed by atoms with Gasteiger partial charge in [0.15, 0.2) is 9.84 Å². The first kappa shape index (κ1) is 10.5. The van der Waals surface area contributed by atoms with E-state index in [1.807, 2.05) is 0 Å². The van der Waals surface area contributed by atoms with Gasteiger partial charge >= 0.3 is 5.97 Å². The SMILES string of the molecule is CC1CC(C(=O)ON)CCS1(=O)=O. The third-order valence-corrected chi connectivity index (χ3v) is 4.65. The molecule has 0 radical (unpaired) electrons. The van der Waals surface area contributed by atoms with Crippen molar-refractivity contribution in [3.63, 3.8) is 0 Å². The van der Waals surface area contributed by atoms with Crippen LogP contribution in [0.3, 0.4) is 0 Å². The van der Waals surface area contributed by atoms with Crippen molar-refractivity contribution in [2.24, 2.45) is 11.8 Å². The van der Waals surface area contributed by atoms with Crippen LogP contribution < -0.4 is 5.90 Å². The number of carbonyl (C=O) groups excluding carboxylic acids is 1. The van der Waals surface area contributed by atoms with Crippen LogP contribution in [0.2, 0.25) is 0 Å². The number of hydrogen-bond acceptors (Lipinski definition) is 5. The number of rotatable bonds is 1. The molecule has 1 saturated heterocycles. The van der Waals surface area contributed by atoms with Crippen LogP contribution in [0.5, 0.6) is 0 Å². The predicted octanol–water partition coefficient (Wildman–Crippen LogP) is -0.383. The molecule has 0 amide bonds. The molecule has 0 aromatic rings. The highest BCUT2D eigenvalue weighted by Gasteiger charge is 2.34. The summed E-state index contributed by atoms with van der Waals surface area (Å²) in [7, 11) is -2.98. The summed E-state index contributed by atoms with van der Waals surface area (Å²) in [6.45, 7) is 1.60. The van der Waals surface area contributed by atoms with Crippen LogP contribution in [0.15, 0.2) is 0 Å². The van der Waals surface area contributed by atoms with Gasteiger partial charge in [0.2, 0.25) is 0 Å². The van der Waals surface area contributed by atoms with Gasteiger partial charge in [0.25, 0.3) is 0 Å². The van der Waals surface area contributed by atoms with Crippen molar-refractivity contribution in [2.75, 3.05) is 5.75 Å². The van der Waals surface area contributed by atoms with Gasteiger partial charge in [0.1, 0.15) is 0 Å². The van der Waals surface area contributed by atoms with E-state index < -0.39 is 21.1 Å². The fourth-order valence-corrected chi connectivity index (χ4v) is 3.02. The van der Waals surface area contributed by atoms with E-state index in [1.54, 1.807) is 6.92 Å². The van der Waals surface area contributed by atoms with Crippen molar-refractivity contribution >= 4 is 15.8 Å². The Labute approximate surface area is 77.1 Å². The van der Waals surface area contributed by atoms with E-state index in [9.17, 15) is 13.2 Å². The maximum absolute atomic E-state index is 11.3. The number of nitrogens with two attached hydrogens (primary N) is 1. The average Bonchev–Trinajstić information content (AvgIpc) is 2.08. The molecule has 13 heavy (non-hydrogen) atoms. The lowest BCUT2D eigenvalue weighted by Gasteiger charge is -2.24. The third kappa shape index (κ3) is 2.19. The molecule has 1 aliphatic rings. The van der Waals surface area contributed by atoms with E-state index in [1.165, 1.54) is 0 Å². The molecule has 6 heteroatoms. The first-order valence-electron chi connectivity index (χ1n) is 4.09. The molecule has 0 aromatic heterocycles. The largest absolute Gasteiger partial charge is 0.373 e. The quantitative estimate of drug-likeness (QED) is 0.592. The summed E-state index contributed by atoms with van der Waals surface area (Å²) < 4.78 is 22.5. The zero-order valence-corrected chi connectivity index (χ0v) is 8.21. The molecular formula is C7H13NO4S. The normalized spacial score (nSPS) is 32.5. The molecule has 1 aliphatic heterocycles. The van der Waals surface area contributed by atoms with Crippen molar-refractivity contribution in [1.82, 2.24) is 0 Å². The Morgan fingerprint density at radius 1 is 1.54 bits per heavy atom. The van der Waals surface area contributed by atoms with E-state index >= 15 is 0 Å². The second-order valence-electron chi connectivity index (χ2n) is 3.34. The molecule has 2 atom stereocenters. The highest BCUT2D eigenvalue weighted by atomic mass is 32.2. The summed E-state index contributed by atoms with van der Waals surface area (Å²) in [6, 6.07) is 0. The van der Waals surface area contributed by atoms with E-state index in [0.29, 0.717) is 12.8 Å². The zero-order chi connectivity index (χ0) is 10.1. The monoisotopic (exact) mass is 207 g/mol. The van der Waals surface area contributed by atoms with Gasteiger partial charge in [-0.2, -0.15) is 5.90 Å². The molecule has 0 spiro atoms. The van der Waals surface area contributed by atoms with Crippen molar-refractivity contribution < 1.29 is 18.0 Å². The lowest BCUT2D eigenvalue weighted by molar-refractivity contribution is -0.149. The second kappa shape index (κ2) is 3.63. The Balaban J connectivity index is 2.66. The molecule has 0 aliphatic carbocycles. The Morgan fingerprint density at radius 2 is 2.15 bits per heavy atom. The lowest BCUT2D eigenvalue weighted by atomic mass is 10.0. The molecule has 1 rings (SSSR count). The molecule has 76 valence electrons. The smallest absolute Gasteiger partial charge is 0.327 e. The van der Waals surface area contributed by atoms with Crippen LogP contribution in [0.4, 0.5) is 0 Å². The van der Waals surface area contributed by atoms with E-state index in [2.05, 4.69) is 4.84 Å². The molecule has 2 unspecified atom stereocenters. The minimum atomic E-state index is -2.98. The van der Waals surface area contributed by atoms with Crippen LogP contribution >= 0.6 is 0 Å². The molecule has 5 nitrogen and oxygen atoms in total. The van der Waals surface area contributed by atoms with Crippen molar-refractivity contribution in [2.45, 2.75) is 25.0 Å². The van der Waals surface area contributed by atoms with Crippen LogP contribution in [-0.4, -0.2) is 25.4 Å². The lowest BCUT2D eigenvalue weighted by Crippen LogP contribution is -2.35. The summed E-state index contributed by atoms with van der Waals surface area (Å²) in [5.41, 5.74) is 0. The van der Waals surface area contributed by atoms with E-state index in [0.717, 1.165) is 0 Å². The van der Waals surface area contributed by atoms with E-state index in [4.69, 9.17) is 5.90 Å². The topological polar surface area (TPSA) is 86.5 Å². The first-order valence-corrected chi connectivity index (χ1v) is 5.81. The van der Waals surface area contributed by atoms with Crippen LogP contribution in [-0.2, 0) is 19.5 Å². The first-order chi connectivity index (χ1) is 5.97. The molecule has 0 aromatic carbocycles. The van der Waals surface area contributed by atoms with Gasteiger partial charge < -0.3 is 4.84 Å². The molecule has 0 saturated carbocycles. The van der Waals surface area contributed by atoms with Crippen molar-refractivity contribution in [1.29, 1.82) is 0 Å². The summed E-state index contributed by atoms with van der Waals surface area (Å²) >= 11 is 0. The number of sulfone groups is 1. The minimum absolute atomic E-state index is 0.0495. The summed E-state index contributed by atoms with van der Waals surface area (Å²) in [4.78, 5) is 15.1. The maximum atomic E-state index is 11.3. The van der Waals surface area contributed by atoms with Gasteiger partial charge in [0, 0.05) is 0 Å². The van der Waals surface area contributed by atoms with Gasteiger partial charge in [-0.3, -0.25) is 4.79 Å². The highest BCUT2D eigenvalue weighted by molar-refractivity contribution is 7.92. The minimum Gasteiger partial charge on any atom is -0.373 e. The van der Waals surface area contributed by atoms with Gasteiger partial charge in [-0.05, 0) is 19.8 Å². The molecular weight excluding hydrogens is 194 g/mol. The molecule has 2 N–H and O–H groups in total. The fraction of sp³-hybridized carbons (Fsp3) is 0.857. The summed E-state index contributed by atoms with van der Waals surface area (Å²) in [5, 5.41) is -0.467. The Hall–Kier alpha value is -0.620. The predicted molar refractivity (Wildman–Crippen MR) is 46.3 cm³/mol. The standard InChI is InChI=1S/C7H13NO4S/c1-5-4-6(7(9)12-8)2-3-13(5,10)11/h5-6H,2-4,8H2,1H3. The molecule has 1 heterocycles. The van der Waals surface area contributed by atoms with Gasteiger partial charge in [-0.1, -0.05) is 0 Å². The van der Waals surface area contributed by atoms with Gasteiger partial charge in [-0.15, -0.1) is 0 Å².